The Morgan fingerprint density at radius 2 is 2.19 bits per heavy atom. The van der Waals surface area contributed by atoms with Crippen LogP contribution in [-0.4, -0.2) is 17.6 Å². The summed E-state index contributed by atoms with van der Waals surface area (Å²) < 4.78 is 9.64. The third kappa shape index (κ3) is 1.79. The molecule has 0 aliphatic carbocycles. The van der Waals surface area contributed by atoms with Crippen LogP contribution in [0.25, 0.3) is 11.1 Å². The van der Waals surface area contributed by atoms with Crippen molar-refractivity contribution in [2.45, 2.75) is 6.92 Å². The van der Waals surface area contributed by atoms with E-state index in [2.05, 4.69) is 4.98 Å². The predicted octanol–water partition coefficient (Wildman–Crippen LogP) is 1.36. The molecular weight excluding hydrogens is 210 g/mol. The first kappa shape index (κ1) is 10.4. The standard InChI is InChI=1S/C11H9NO4/c1-2-15-10(13)9-11(14)16-8-6-4-3-5-7(8)12-9/h3-6H,2H2,1H3. The minimum absolute atomic E-state index is 0.187. The van der Waals surface area contributed by atoms with Crippen molar-refractivity contribution in [1.82, 2.24) is 4.98 Å². The molecule has 2 rings (SSSR count). The average Bonchev–Trinajstić information content (AvgIpc) is 2.28. The summed E-state index contributed by atoms with van der Waals surface area (Å²) in [7, 11) is 0. The molecule has 0 aliphatic rings. The fourth-order valence-electron chi connectivity index (χ4n) is 1.28. The third-order valence-electron chi connectivity index (χ3n) is 1.96. The SMILES string of the molecule is CCOC(=O)c1nc2ccccc2oc1=O. The Labute approximate surface area is 90.7 Å². The molecule has 16 heavy (non-hydrogen) atoms. The van der Waals surface area contributed by atoms with Crippen molar-refractivity contribution in [2.24, 2.45) is 0 Å². The highest BCUT2D eigenvalue weighted by Crippen LogP contribution is 2.08. The van der Waals surface area contributed by atoms with Gasteiger partial charge >= 0.3 is 11.6 Å². The van der Waals surface area contributed by atoms with Gasteiger partial charge in [-0.15, -0.1) is 0 Å². The van der Waals surface area contributed by atoms with E-state index in [1.165, 1.54) is 0 Å². The first-order valence-corrected chi connectivity index (χ1v) is 4.79. The van der Waals surface area contributed by atoms with Gasteiger partial charge in [0.25, 0.3) is 0 Å². The Morgan fingerprint density at radius 1 is 1.44 bits per heavy atom. The number of para-hydroxylation sites is 2. The molecule has 1 aromatic carbocycles. The number of hydrogen-bond donors (Lipinski definition) is 0. The molecule has 0 unspecified atom stereocenters. The lowest BCUT2D eigenvalue weighted by molar-refractivity contribution is 0.0514. The quantitative estimate of drug-likeness (QED) is 0.713. The van der Waals surface area contributed by atoms with Crippen LogP contribution < -0.4 is 5.63 Å². The van der Waals surface area contributed by atoms with Crippen molar-refractivity contribution < 1.29 is 13.9 Å². The van der Waals surface area contributed by atoms with E-state index in [1.807, 2.05) is 0 Å². The first-order chi connectivity index (χ1) is 7.72. The molecule has 82 valence electrons. The van der Waals surface area contributed by atoms with Crippen molar-refractivity contribution in [3.63, 3.8) is 0 Å². The maximum Gasteiger partial charge on any atom is 0.370 e. The van der Waals surface area contributed by atoms with E-state index in [1.54, 1.807) is 31.2 Å². The summed E-state index contributed by atoms with van der Waals surface area (Å²) in [5.41, 5.74) is -0.302. The molecule has 2 aromatic rings. The maximum absolute atomic E-state index is 11.4. The van der Waals surface area contributed by atoms with Crippen molar-refractivity contribution in [3.8, 4) is 0 Å². The van der Waals surface area contributed by atoms with Crippen molar-refractivity contribution >= 4 is 17.1 Å². The Balaban J connectivity index is 2.58. The summed E-state index contributed by atoms with van der Waals surface area (Å²) in [4.78, 5) is 26.7. The summed E-state index contributed by atoms with van der Waals surface area (Å²) in [6.45, 7) is 1.84. The molecule has 0 atom stereocenters. The Bertz CT molecular complexity index is 588. The number of rotatable bonds is 2. The zero-order valence-corrected chi connectivity index (χ0v) is 8.60. The lowest BCUT2D eigenvalue weighted by Gasteiger charge is -2.00. The zero-order chi connectivity index (χ0) is 11.5. The van der Waals surface area contributed by atoms with Gasteiger partial charge in [0, 0.05) is 0 Å². The molecule has 0 amide bonds. The molecule has 5 heteroatoms. The van der Waals surface area contributed by atoms with Crippen LogP contribution in [0.4, 0.5) is 0 Å². The number of benzene rings is 1. The van der Waals surface area contributed by atoms with E-state index >= 15 is 0 Å². The molecule has 1 aromatic heterocycles. The summed E-state index contributed by atoms with van der Waals surface area (Å²) in [6.07, 6.45) is 0. The minimum atomic E-state index is -0.780. The topological polar surface area (TPSA) is 69.4 Å². The van der Waals surface area contributed by atoms with Crippen LogP contribution >= 0.6 is 0 Å². The molecule has 0 fully saturated rings. The number of carbonyl (C=O) groups is 1. The van der Waals surface area contributed by atoms with Gasteiger partial charge in [0.15, 0.2) is 5.58 Å². The monoisotopic (exact) mass is 219 g/mol. The molecule has 0 N–H and O–H groups in total. The molecule has 1 heterocycles. The number of fused-ring (bicyclic) bond motifs is 1. The third-order valence-corrected chi connectivity index (χ3v) is 1.96. The second-order valence-corrected chi connectivity index (χ2v) is 3.04. The summed E-state index contributed by atoms with van der Waals surface area (Å²) in [5.74, 6) is -0.762. The summed E-state index contributed by atoms with van der Waals surface area (Å²) >= 11 is 0. The van der Waals surface area contributed by atoms with Gasteiger partial charge in [0.05, 0.1) is 6.61 Å². The zero-order valence-electron chi connectivity index (χ0n) is 8.60. The number of aromatic nitrogens is 1. The Hall–Kier alpha value is -2.17. The second-order valence-electron chi connectivity index (χ2n) is 3.04. The van der Waals surface area contributed by atoms with Gasteiger partial charge < -0.3 is 9.15 Å². The molecule has 0 spiro atoms. The number of nitrogens with zero attached hydrogens (tertiary/aromatic N) is 1. The van der Waals surface area contributed by atoms with Crippen molar-refractivity contribution in [3.05, 3.63) is 40.4 Å². The fraction of sp³-hybridized carbons (Fsp3) is 0.182. The summed E-state index contributed by atoms with van der Waals surface area (Å²) in [6, 6.07) is 6.72. The van der Waals surface area contributed by atoms with Crippen molar-refractivity contribution in [1.29, 1.82) is 0 Å². The highest BCUT2D eigenvalue weighted by molar-refractivity contribution is 5.88. The van der Waals surface area contributed by atoms with Gasteiger partial charge in [0.1, 0.15) is 5.52 Å². The van der Waals surface area contributed by atoms with Crippen LogP contribution in [0.15, 0.2) is 33.5 Å². The molecule has 5 nitrogen and oxygen atoms in total. The number of ether oxygens (including phenoxy) is 1. The largest absolute Gasteiger partial charge is 0.461 e. The summed E-state index contributed by atoms with van der Waals surface area (Å²) in [5, 5.41) is 0. The smallest absolute Gasteiger partial charge is 0.370 e. The lowest BCUT2D eigenvalue weighted by atomic mass is 10.3. The van der Waals surface area contributed by atoms with E-state index in [0.29, 0.717) is 11.1 Å². The number of carbonyl (C=O) groups excluding carboxylic acids is 1. The highest BCUT2D eigenvalue weighted by atomic mass is 16.5. The van der Waals surface area contributed by atoms with Crippen LogP contribution in [0, 0.1) is 0 Å². The van der Waals surface area contributed by atoms with Gasteiger partial charge in [-0.25, -0.2) is 14.6 Å². The van der Waals surface area contributed by atoms with Crippen LogP contribution in [0.2, 0.25) is 0 Å². The first-order valence-electron chi connectivity index (χ1n) is 4.79. The van der Waals surface area contributed by atoms with Crippen LogP contribution in [-0.2, 0) is 4.74 Å². The Kier molecular flexibility index (Phi) is 2.68. The molecule has 0 radical (unpaired) electrons. The van der Waals surface area contributed by atoms with E-state index in [4.69, 9.17) is 9.15 Å². The number of hydrogen-bond acceptors (Lipinski definition) is 5. The Morgan fingerprint density at radius 3 is 2.94 bits per heavy atom. The highest BCUT2D eigenvalue weighted by Gasteiger charge is 2.16. The van der Waals surface area contributed by atoms with E-state index in [9.17, 15) is 9.59 Å². The molecular formula is C11H9NO4. The van der Waals surface area contributed by atoms with Gasteiger partial charge in [-0.3, -0.25) is 0 Å². The normalized spacial score (nSPS) is 10.3. The average molecular weight is 219 g/mol. The van der Waals surface area contributed by atoms with Gasteiger partial charge in [-0.05, 0) is 19.1 Å². The lowest BCUT2D eigenvalue weighted by Crippen LogP contribution is -2.18. The minimum Gasteiger partial charge on any atom is -0.461 e. The molecule has 0 aliphatic heterocycles. The molecule has 0 bridgehead atoms. The molecule has 0 saturated heterocycles. The second kappa shape index (κ2) is 4.14. The fourth-order valence-corrected chi connectivity index (χ4v) is 1.28. The van der Waals surface area contributed by atoms with Gasteiger partial charge in [-0.1, -0.05) is 12.1 Å². The van der Waals surface area contributed by atoms with Gasteiger partial charge in [-0.2, -0.15) is 0 Å². The van der Waals surface area contributed by atoms with Gasteiger partial charge in [0.2, 0.25) is 5.69 Å². The van der Waals surface area contributed by atoms with E-state index in [-0.39, 0.29) is 12.3 Å². The van der Waals surface area contributed by atoms with Crippen molar-refractivity contribution in [2.75, 3.05) is 6.61 Å². The predicted molar refractivity (Wildman–Crippen MR) is 56.2 cm³/mol. The van der Waals surface area contributed by atoms with E-state index in [0.717, 1.165) is 0 Å². The van der Waals surface area contributed by atoms with Crippen LogP contribution in [0.1, 0.15) is 17.4 Å². The number of esters is 1. The maximum atomic E-state index is 11.4. The van der Waals surface area contributed by atoms with Crippen LogP contribution in [0.3, 0.4) is 0 Å². The van der Waals surface area contributed by atoms with E-state index < -0.39 is 11.6 Å². The van der Waals surface area contributed by atoms with Crippen LogP contribution in [0.5, 0.6) is 0 Å². The molecule has 0 saturated carbocycles.